The molecule has 0 fully saturated rings. The number of nitrogen functional groups attached to an aromatic ring is 1. The molecule has 94 valence electrons. The first-order chi connectivity index (χ1) is 8.60. The Balaban J connectivity index is 2.30. The molecule has 0 aliphatic heterocycles. The summed E-state index contributed by atoms with van der Waals surface area (Å²) in [6.45, 7) is 3.67. The molecule has 0 aliphatic carbocycles. The van der Waals surface area contributed by atoms with E-state index in [0.717, 1.165) is 11.4 Å². The second-order valence-electron chi connectivity index (χ2n) is 3.77. The molecule has 0 unspecified atom stereocenters. The van der Waals surface area contributed by atoms with Crippen molar-refractivity contribution in [3.05, 3.63) is 29.6 Å². The van der Waals surface area contributed by atoms with Crippen LogP contribution in [0.4, 0.5) is 5.69 Å². The number of rotatable bonds is 3. The minimum atomic E-state index is 0.165. The summed E-state index contributed by atoms with van der Waals surface area (Å²) < 4.78 is 10.6. The van der Waals surface area contributed by atoms with Crippen LogP contribution in [0.5, 0.6) is 17.5 Å². The second-order valence-corrected chi connectivity index (χ2v) is 3.77. The fourth-order valence-corrected chi connectivity index (χ4v) is 1.31. The van der Waals surface area contributed by atoms with Crippen molar-refractivity contribution in [2.45, 2.75) is 13.8 Å². The summed E-state index contributed by atoms with van der Waals surface area (Å²) in [5.74, 6) is 1.09. The molecule has 1 aromatic carbocycles. The molecular formula is C12H14N4O2. The van der Waals surface area contributed by atoms with Crippen molar-refractivity contribution in [3.63, 3.8) is 0 Å². The molecule has 0 saturated carbocycles. The van der Waals surface area contributed by atoms with E-state index >= 15 is 0 Å². The zero-order valence-electron chi connectivity index (χ0n) is 10.5. The third-order valence-electron chi connectivity index (χ3n) is 2.49. The minimum Gasteiger partial charge on any atom is -0.497 e. The van der Waals surface area contributed by atoms with Crippen LogP contribution in [-0.2, 0) is 0 Å². The van der Waals surface area contributed by atoms with Crippen LogP contribution in [0.3, 0.4) is 0 Å². The van der Waals surface area contributed by atoms with E-state index < -0.39 is 0 Å². The Labute approximate surface area is 105 Å². The van der Waals surface area contributed by atoms with E-state index in [2.05, 4.69) is 15.2 Å². The Kier molecular flexibility index (Phi) is 3.27. The number of nitrogens with zero attached hydrogens (tertiary/aromatic N) is 3. The highest BCUT2D eigenvalue weighted by atomic mass is 16.5. The molecule has 6 heteroatoms. The Morgan fingerprint density at radius 2 is 1.89 bits per heavy atom. The van der Waals surface area contributed by atoms with Gasteiger partial charge in [0.15, 0.2) is 5.75 Å². The van der Waals surface area contributed by atoms with Gasteiger partial charge in [0.1, 0.15) is 5.75 Å². The lowest BCUT2D eigenvalue weighted by Crippen LogP contribution is -2.01. The van der Waals surface area contributed by atoms with E-state index in [4.69, 9.17) is 15.2 Å². The maximum absolute atomic E-state index is 5.80. The SMILES string of the molecule is COc1ccc(N)c(Oc2nnc(C)c(C)n2)c1. The number of hydrogen-bond acceptors (Lipinski definition) is 6. The second kappa shape index (κ2) is 4.87. The van der Waals surface area contributed by atoms with Crippen molar-refractivity contribution >= 4 is 5.69 Å². The summed E-state index contributed by atoms with van der Waals surface area (Å²) >= 11 is 0. The highest BCUT2D eigenvalue weighted by Crippen LogP contribution is 2.29. The summed E-state index contributed by atoms with van der Waals surface area (Å²) in [7, 11) is 1.57. The van der Waals surface area contributed by atoms with Crippen LogP contribution in [-0.4, -0.2) is 22.3 Å². The van der Waals surface area contributed by atoms with Crippen LogP contribution < -0.4 is 15.2 Å². The molecule has 0 spiro atoms. The van der Waals surface area contributed by atoms with Crippen molar-refractivity contribution in [3.8, 4) is 17.5 Å². The molecule has 18 heavy (non-hydrogen) atoms. The topological polar surface area (TPSA) is 83.2 Å². The van der Waals surface area contributed by atoms with Crippen molar-refractivity contribution in [1.82, 2.24) is 15.2 Å². The first kappa shape index (κ1) is 12.1. The molecule has 1 heterocycles. The predicted molar refractivity (Wildman–Crippen MR) is 66.8 cm³/mol. The van der Waals surface area contributed by atoms with E-state index in [9.17, 15) is 0 Å². The molecule has 0 saturated heterocycles. The highest BCUT2D eigenvalue weighted by molar-refractivity contribution is 5.56. The predicted octanol–water partition coefficient (Wildman–Crippen LogP) is 1.87. The van der Waals surface area contributed by atoms with Crippen molar-refractivity contribution in [2.24, 2.45) is 0 Å². The van der Waals surface area contributed by atoms with Gasteiger partial charge in [0.25, 0.3) is 0 Å². The molecule has 2 rings (SSSR count). The van der Waals surface area contributed by atoms with Gasteiger partial charge in [0.2, 0.25) is 0 Å². The van der Waals surface area contributed by atoms with Gasteiger partial charge in [-0.25, -0.2) is 0 Å². The van der Waals surface area contributed by atoms with Crippen molar-refractivity contribution in [2.75, 3.05) is 12.8 Å². The van der Waals surface area contributed by atoms with Gasteiger partial charge in [-0.3, -0.25) is 0 Å². The fourth-order valence-electron chi connectivity index (χ4n) is 1.31. The average molecular weight is 246 g/mol. The number of aryl methyl sites for hydroxylation is 2. The summed E-state index contributed by atoms with van der Waals surface area (Å²) in [4.78, 5) is 4.17. The number of hydrogen-bond donors (Lipinski definition) is 1. The minimum absolute atomic E-state index is 0.165. The van der Waals surface area contributed by atoms with Crippen molar-refractivity contribution < 1.29 is 9.47 Å². The Morgan fingerprint density at radius 1 is 1.11 bits per heavy atom. The molecule has 6 nitrogen and oxygen atoms in total. The Hall–Kier alpha value is -2.37. The number of nitrogens with two attached hydrogens (primary N) is 1. The number of anilines is 1. The molecular weight excluding hydrogens is 232 g/mol. The van der Waals surface area contributed by atoms with E-state index in [0.29, 0.717) is 17.2 Å². The molecule has 0 amide bonds. The molecule has 0 radical (unpaired) electrons. The molecule has 1 aromatic heterocycles. The number of aromatic nitrogens is 3. The van der Waals surface area contributed by atoms with Gasteiger partial charge in [-0.05, 0) is 26.0 Å². The number of benzene rings is 1. The van der Waals surface area contributed by atoms with Crippen LogP contribution >= 0.6 is 0 Å². The molecule has 2 aromatic rings. The summed E-state index contributed by atoms with van der Waals surface area (Å²) in [6, 6.07) is 5.29. The largest absolute Gasteiger partial charge is 0.497 e. The van der Waals surface area contributed by atoms with E-state index in [1.165, 1.54) is 0 Å². The van der Waals surface area contributed by atoms with E-state index in [1.54, 1.807) is 25.3 Å². The molecule has 0 atom stereocenters. The van der Waals surface area contributed by atoms with Crippen LogP contribution in [0.25, 0.3) is 0 Å². The van der Waals surface area contributed by atoms with Crippen molar-refractivity contribution in [1.29, 1.82) is 0 Å². The van der Waals surface area contributed by atoms with Crippen LogP contribution in [0.2, 0.25) is 0 Å². The quantitative estimate of drug-likeness (QED) is 0.832. The zero-order valence-corrected chi connectivity index (χ0v) is 10.5. The Bertz CT molecular complexity index is 572. The summed E-state index contributed by atoms with van der Waals surface area (Å²) in [6.07, 6.45) is 0. The standard InChI is InChI=1S/C12H14N4O2/c1-7-8(2)15-16-12(14-7)18-11-6-9(17-3)4-5-10(11)13/h4-6H,13H2,1-3H3. The fraction of sp³-hybridized carbons (Fsp3) is 0.250. The van der Waals surface area contributed by atoms with Crippen LogP contribution in [0.1, 0.15) is 11.4 Å². The van der Waals surface area contributed by atoms with Gasteiger partial charge >= 0.3 is 6.01 Å². The number of methoxy groups -OCH3 is 1. The van der Waals surface area contributed by atoms with Gasteiger partial charge in [-0.1, -0.05) is 5.10 Å². The lowest BCUT2D eigenvalue weighted by atomic mass is 10.3. The smallest absolute Gasteiger partial charge is 0.341 e. The van der Waals surface area contributed by atoms with Gasteiger partial charge < -0.3 is 15.2 Å². The first-order valence-corrected chi connectivity index (χ1v) is 5.39. The number of ether oxygens (including phenoxy) is 2. The lowest BCUT2D eigenvalue weighted by molar-refractivity contribution is 0.402. The van der Waals surface area contributed by atoms with Crippen LogP contribution in [0.15, 0.2) is 18.2 Å². The molecule has 2 N–H and O–H groups in total. The maximum Gasteiger partial charge on any atom is 0.341 e. The van der Waals surface area contributed by atoms with E-state index in [1.807, 2.05) is 13.8 Å². The van der Waals surface area contributed by atoms with Gasteiger partial charge in [0, 0.05) is 6.07 Å². The average Bonchev–Trinajstić information content (AvgIpc) is 2.36. The Morgan fingerprint density at radius 3 is 2.56 bits per heavy atom. The lowest BCUT2D eigenvalue weighted by Gasteiger charge is -2.08. The van der Waals surface area contributed by atoms with Gasteiger partial charge in [0.05, 0.1) is 24.2 Å². The van der Waals surface area contributed by atoms with Gasteiger partial charge in [-0.2, -0.15) is 4.98 Å². The summed E-state index contributed by atoms with van der Waals surface area (Å²) in [5.41, 5.74) is 7.82. The molecule has 0 aliphatic rings. The van der Waals surface area contributed by atoms with Crippen LogP contribution in [0, 0.1) is 13.8 Å². The zero-order chi connectivity index (χ0) is 13.1. The highest BCUT2D eigenvalue weighted by Gasteiger charge is 2.08. The monoisotopic (exact) mass is 246 g/mol. The first-order valence-electron chi connectivity index (χ1n) is 5.39. The maximum atomic E-state index is 5.80. The third-order valence-corrected chi connectivity index (χ3v) is 2.49. The normalized spacial score (nSPS) is 10.2. The van der Waals surface area contributed by atoms with E-state index in [-0.39, 0.29) is 6.01 Å². The van der Waals surface area contributed by atoms with Gasteiger partial charge in [-0.15, -0.1) is 5.10 Å². The summed E-state index contributed by atoms with van der Waals surface area (Å²) in [5, 5.41) is 7.79. The third kappa shape index (κ3) is 2.48. The molecule has 0 bridgehead atoms.